The zero-order valence-corrected chi connectivity index (χ0v) is 10.4. The summed E-state index contributed by atoms with van der Waals surface area (Å²) in [6, 6.07) is 0. The summed E-state index contributed by atoms with van der Waals surface area (Å²) in [5.74, 6) is 2.30. The minimum atomic E-state index is 0.522. The van der Waals surface area contributed by atoms with Gasteiger partial charge in [-0.25, -0.2) is 0 Å². The van der Waals surface area contributed by atoms with Crippen LogP contribution in [-0.4, -0.2) is 27.1 Å². The van der Waals surface area contributed by atoms with E-state index in [1.807, 2.05) is 23.5 Å². The van der Waals surface area contributed by atoms with Gasteiger partial charge in [0.1, 0.15) is 0 Å². The van der Waals surface area contributed by atoms with E-state index in [-0.39, 0.29) is 0 Å². The fourth-order valence-corrected chi connectivity index (χ4v) is 3.05. The van der Waals surface area contributed by atoms with E-state index >= 15 is 0 Å². The third-order valence-electron chi connectivity index (χ3n) is 0.885. The maximum Gasteiger partial charge on any atom is 0.0392 e. The highest BCUT2D eigenvalue weighted by Gasteiger charge is 1.97. The van der Waals surface area contributed by atoms with Gasteiger partial charge in [0, 0.05) is 27.1 Å². The van der Waals surface area contributed by atoms with E-state index in [2.05, 4.69) is 39.1 Å². The van der Waals surface area contributed by atoms with Crippen molar-refractivity contribution in [2.45, 2.75) is 24.3 Å². The Labute approximate surface area is 89.5 Å². The Morgan fingerprint density at radius 3 is 1.64 bits per heavy atom. The molecule has 0 aliphatic rings. The van der Waals surface area contributed by atoms with Crippen LogP contribution in [0.1, 0.15) is 13.8 Å². The van der Waals surface area contributed by atoms with Gasteiger partial charge in [0.2, 0.25) is 0 Å². The van der Waals surface area contributed by atoms with Crippen molar-refractivity contribution in [3.05, 3.63) is 0 Å². The highest BCUT2D eigenvalue weighted by molar-refractivity contribution is 8.16. The molecule has 0 amide bonds. The summed E-state index contributed by atoms with van der Waals surface area (Å²) in [7, 11) is 0. The zero-order valence-electron chi connectivity index (χ0n) is 6.99. The van der Waals surface area contributed by atoms with Crippen LogP contribution in [-0.2, 0) is 0 Å². The summed E-state index contributed by atoms with van der Waals surface area (Å²) >= 11 is 12.5. The Kier molecular flexibility index (Phi) is 9.04. The molecule has 0 aromatic carbocycles. The average Bonchev–Trinajstić information content (AvgIpc) is 1.85. The summed E-state index contributed by atoms with van der Waals surface area (Å²) in [5, 5.41) is 2.22. The quantitative estimate of drug-likeness (QED) is 0.407. The molecule has 0 nitrogen and oxygen atoms in total. The van der Waals surface area contributed by atoms with Crippen LogP contribution < -0.4 is 0 Å². The molecular formula is C7H16S4. The van der Waals surface area contributed by atoms with Gasteiger partial charge in [-0.05, 0) is 0 Å². The van der Waals surface area contributed by atoms with Crippen LogP contribution in [0.25, 0.3) is 0 Å². The lowest BCUT2D eigenvalue weighted by molar-refractivity contribution is 1.14. The van der Waals surface area contributed by atoms with Crippen LogP contribution in [0, 0.1) is 0 Å². The van der Waals surface area contributed by atoms with Crippen molar-refractivity contribution in [2.75, 3.05) is 16.6 Å². The molecule has 0 aliphatic carbocycles. The molecular weight excluding hydrogens is 212 g/mol. The minimum Gasteiger partial charge on any atom is -0.175 e. The summed E-state index contributed by atoms with van der Waals surface area (Å²) in [6.07, 6.45) is 0. The topological polar surface area (TPSA) is 0 Å². The molecule has 0 bridgehead atoms. The van der Waals surface area contributed by atoms with Crippen LogP contribution >= 0.6 is 48.8 Å². The van der Waals surface area contributed by atoms with Gasteiger partial charge in [-0.3, -0.25) is 0 Å². The average molecular weight is 228 g/mol. The van der Waals surface area contributed by atoms with Gasteiger partial charge in [-0.1, -0.05) is 13.8 Å². The van der Waals surface area contributed by atoms with Crippen molar-refractivity contribution in [3.63, 3.8) is 0 Å². The summed E-state index contributed by atoms with van der Waals surface area (Å²) in [5.41, 5.74) is 0. The lowest BCUT2D eigenvalue weighted by atomic mass is 10.6. The molecule has 2 unspecified atom stereocenters. The van der Waals surface area contributed by atoms with E-state index in [0.717, 1.165) is 11.5 Å². The Hall–Kier alpha value is 1.40. The molecule has 0 heterocycles. The predicted molar refractivity (Wildman–Crippen MR) is 66.7 cm³/mol. The van der Waals surface area contributed by atoms with Crippen LogP contribution in [0.4, 0.5) is 0 Å². The molecule has 2 atom stereocenters. The van der Waals surface area contributed by atoms with Gasteiger partial charge in [0.15, 0.2) is 0 Å². The Balaban J connectivity index is 2.91. The van der Waals surface area contributed by atoms with E-state index in [1.165, 1.54) is 5.08 Å². The minimum absolute atomic E-state index is 0.522. The molecule has 11 heavy (non-hydrogen) atoms. The fourth-order valence-electron chi connectivity index (χ4n) is 0.496. The van der Waals surface area contributed by atoms with E-state index in [1.54, 1.807) is 0 Å². The highest BCUT2D eigenvalue weighted by Crippen LogP contribution is 2.16. The molecule has 0 saturated heterocycles. The Morgan fingerprint density at radius 2 is 1.36 bits per heavy atom. The predicted octanol–water partition coefficient (Wildman–Crippen LogP) is 3.05. The second-order valence-electron chi connectivity index (χ2n) is 2.56. The maximum absolute atomic E-state index is 4.30. The first kappa shape index (κ1) is 12.4. The lowest BCUT2D eigenvalue weighted by Crippen LogP contribution is -1.97. The van der Waals surface area contributed by atoms with Crippen molar-refractivity contribution < 1.29 is 0 Å². The van der Waals surface area contributed by atoms with E-state index < -0.39 is 0 Å². The number of hydrogen-bond acceptors (Lipinski definition) is 4. The van der Waals surface area contributed by atoms with Gasteiger partial charge in [-0.2, -0.15) is 25.3 Å². The van der Waals surface area contributed by atoms with Gasteiger partial charge >= 0.3 is 0 Å². The zero-order chi connectivity index (χ0) is 8.69. The SMILES string of the molecule is CC(S)CSCSCC(C)S. The first-order valence-corrected chi connectivity index (χ1v) is 6.98. The van der Waals surface area contributed by atoms with Crippen LogP contribution in [0.15, 0.2) is 0 Å². The molecule has 0 radical (unpaired) electrons. The molecule has 68 valence electrons. The molecule has 4 heteroatoms. The molecule has 0 N–H and O–H groups in total. The van der Waals surface area contributed by atoms with Gasteiger partial charge < -0.3 is 0 Å². The second-order valence-corrected chi connectivity index (χ2v) is 6.75. The normalized spacial score (nSPS) is 16.4. The summed E-state index contributed by atoms with van der Waals surface area (Å²) < 4.78 is 0. The van der Waals surface area contributed by atoms with Gasteiger partial charge in [0.25, 0.3) is 0 Å². The highest BCUT2D eigenvalue weighted by atomic mass is 32.2. The third kappa shape index (κ3) is 11.4. The third-order valence-corrected chi connectivity index (χ3v) is 4.55. The fraction of sp³-hybridized carbons (Fsp3) is 1.00. The van der Waals surface area contributed by atoms with E-state index in [4.69, 9.17) is 0 Å². The summed E-state index contributed by atoms with van der Waals surface area (Å²) in [4.78, 5) is 0. The van der Waals surface area contributed by atoms with Crippen LogP contribution in [0.5, 0.6) is 0 Å². The summed E-state index contributed by atoms with van der Waals surface area (Å²) in [6.45, 7) is 4.25. The van der Waals surface area contributed by atoms with Gasteiger partial charge in [-0.15, -0.1) is 23.5 Å². The first-order chi connectivity index (χ1) is 5.13. The van der Waals surface area contributed by atoms with Crippen molar-refractivity contribution in [1.82, 2.24) is 0 Å². The second kappa shape index (κ2) is 8.02. The van der Waals surface area contributed by atoms with E-state index in [9.17, 15) is 0 Å². The monoisotopic (exact) mass is 228 g/mol. The largest absolute Gasteiger partial charge is 0.175 e. The molecule has 0 rings (SSSR count). The van der Waals surface area contributed by atoms with Crippen molar-refractivity contribution in [1.29, 1.82) is 0 Å². The molecule has 0 spiro atoms. The molecule has 0 saturated carbocycles. The lowest BCUT2D eigenvalue weighted by Gasteiger charge is -2.04. The van der Waals surface area contributed by atoms with Crippen molar-refractivity contribution in [3.8, 4) is 0 Å². The number of thiol groups is 2. The van der Waals surface area contributed by atoms with Crippen molar-refractivity contribution >= 4 is 48.8 Å². The number of thioether (sulfide) groups is 2. The van der Waals surface area contributed by atoms with Crippen LogP contribution in [0.3, 0.4) is 0 Å². The van der Waals surface area contributed by atoms with Crippen LogP contribution in [0.2, 0.25) is 0 Å². The molecule has 0 aromatic rings. The standard InChI is InChI=1S/C7H16S4/c1-6(8)3-10-5-11-4-7(2)9/h6-9H,3-5H2,1-2H3. The maximum atomic E-state index is 4.30. The number of rotatable bonds is 6. The molecule has 0 aliphatic heterocycles. The van der Waals surface area contributed by atoms with Crippen molar-refractivity contribution in [2.24, 2.45) is 0 Å². The molecule has 0 fully saturated rings. The molecule has 0 aromatic heterocycles. The smallest absolute Gasteiger partial charge is 0.0392 e. The van der Waals surface area contributed by atoms with E-state index in [0.29, 0.717) is 10.5 Å². The van der Waals surface area contributed by atoms with Gasteiger partial charge in [0.05, 0.1) is 0 Å². The number of hydrogen-bond donors (Lipinski definition) is 2. The first-order valence-electron chi connectivity index (χ1n) is 3.64. The Morgan fingerprint density at radius 1 is 1.00 bits per heavy atom. The Bertz CT molecular complexity index is 72.5.